The molecule has 0 heterocycles. The minimum Gasteiger partial charge on any atom is -0.0617 e. The molecule has 1 aromatic rings. The Bertz CT molecular complexity index is 261. The zero-order valence-electron chi connectivity index (χ0n) is 6.77. The van der Waals surface area contributed by atoms with Gasteiger partial charge in [0.05, 0.1) is 0 Å². The van der Waals surface area contributed by atoms with Crippen LogP contribution < -0.4 is 0 Å². The van der Waals surface area contributed by atoms with Crippen LogP contribution in [-0.4, -0.2) is 0 Å². The predicted molar refractivity (Wildman–Crippen MR) is 47.5 cm³/mol. The predicted octanol–water partition coefficient (Wildman–Crippen LogP) is 2.75. The molecular weight excluding hydrogens is 132 g/mol. The zero-order chi connectivity index (χ0) is 7.68. The number of rotatable bonds is 0. The lowest BCUT2D eigenvalue weighted by molar-refractivity contribution is 0.684. The summed E-state index contributed by atoms with van der Waals surface area (Å²) in [5.41, 5.74) is 4.28. The number of aryl methyl sites for hydroxylation is 1. The Kier molecular flexibility index (Phi) is 1.69. The van der Waals surface area contributed by atoms with Gasteiger partial charge in [0.1, 0.15) is 0 Å². The SMILES string of the molecule is [CH2]c1cccc2c1CCCC2. The zero-order valence-corrected chi connectivity index (χ0v) is 6.77. The van der Waals surface area contributed by atoms with Gasteiger partial charge in [-0.15, -0.1) is 0 Å². The summed E-state index contributed by atoms with van der Waals surface area (Å²) >= 11 is 0. The third kappa shape index (κ3) is 1.18. The highest BCUT2D eigenvalue weighted by molar-refractivity contribution is 5.38. The van der Waals surface area contributed by atoms with Gasteiger partial charge in [-0.2, -0.15) is 0 Å². The monoisotopic (exact) mass is 145 g/mol. The summed E-state index contributed by atoms with van der Waals surface area (Å²) in [5, 5.41) is 0. The van der Waals surface area contributed by atoms with Gasteiger partial charge in [0.15, 0.2) is 0 Å². The minimum absolute atomic E-state index is 1.24. The second kappa shape index (κ2) is 2.69. The molecule has 0 saturated heterocycles. The van der Waals surface area contributed by atoms with Gasteiger partial charge in [-0.1, -0.05) is 18.2 Å². The van der Waals surface area contributed by atoms with Crippen molar-refractivity contribution in [2.45, 2.75) is 25.7 Å². The Balaban J connectivity index is 2.49. The van der Waals surface area contributed by atoms with Crippen molar-refractivity contribution in [1.29, 1.82) is 0 Å². The highest BCUT2D eigenvalue weighted by atomic mass is 14.1. The highest BCUT2D eigenvalue weighted by Gasteiger charge is 2.09. The van der Waals surface area contributed by atoms with Gasteiger partial charge in [-0.25, -0.2) is 0 Å². The van der Waals surface area contributed by atoms with Crippen molar-refractivity contribution in [3.63, 3.8) is 0 Å². The molecule has 2 rings (SSSR count). The van der Waals surface area contributed by atoms with Gasteiger partial charge in [0.25, 0.3) is 0 Å². The van der Waals surface area contributed by atoms with Crippen LogP contribution in [0.25, 0.3) is 0 Å². The number of benzene rings is 1. The number of fused-ring (bicyclic) bond motifs is 1. The van der Waals surface area contributed by atoms with Gasteiger partial charge in [0.2, 0.25) is 0 Å². The summed E-state index contributed by atoms with van der Waals surface area (Å²) in [5.74, 6) is 0. The van der Waals surface area contributed by atoms with E-state index >= 15 is 0 Å². The molecule has 11 heavy (non-hydrogen) atoms. The molecule has 0 bridgehead atoms. The van der Waals surface area contributed by atoms with Crippen LogP contribution in [0.1, 0.15) is 29.5 Å². The molecule has 0 heteroatoms. The summed E-state index contributed by atoms with van der Waals surface area (Å²) in [7, 11) is 0. The maximum Gasteiger partial charge on any atom is -0.0235 e. The van der Waals surface area contributed by atoms with Gasteiger partial charge in [0, 0.05) is 0 Å². The first-order valence-electron chi connectivity index (χ1n) is 4.30. The Morgan fingerprint density at radius 1 is 1.09 bits per heavy atom. The van der Waals surface area contributed by atoms with Gasteiger partial charge < -0.3 is 0 Å². The third-order valence-corrected chi connectivity index (χ3v) is 2.49. The van der Waals surface area contributed by atoms with Crippen LogP contribution in [0.3, 0.4) is 0 Å². The molecule has 1 aliphatic carbocycles. The molecular formula is C11H13. The summed E-state index contributed by atoms with van der Waals surface area (Å²) in [6.45, 7) is 4.03. The fourth-order valence-electron chi connectivity index (χ4n) is 1.86. The summed E-state index contributed by atoms with van der Waals surface area (Å²) in [6, 6.07) is 6.47. The van der Waals surface area contributed by atoms with E-state index in [9.17, 15) is 0 Å². The number of hydrogen-bond acceptors (Lipinski definition) is 0. The van der Waals surface area contributed by atoms with Crippen LogP contribution in [0.5, 0.6) is 0 Å². The van der Waals surface area contributed by atoms with Crippen LogP contribution in [0.15, 0.2) is 18.2 Å². The van der Waals surface area contributed by atoms with E-state index in [2.05, 4.69) is 25.1 Å². The van der Waals surface area contributed by atoms with Crippen LogP contribution >= 0.6 is 0 Å². The van der Waals surface area contributed by atoms with E-state index in [0.717, 1.165) is 0 Å². The van der Waals surface area contributed by atoms with Crippen molar-refractivity contribution in [1.82, 2.24) is 0 Å². The Hall–Kier alpha value is -0.780. The molecule has 0 aromatic heterocycles. The molecule has 0 fully saturated rings. The molecule has 0 nitrogen and oxygen atoms in total. The second-order valence-corrected chi connectivity index (χ2v) is 3.26. The molecule has 1 aromatic carbocycles. The first-order valence-corrected chi connectivity index (χ1v) is 4.30. The average molecular weight is 145 g/mol. The summed E-state index contributed by atoms with van der Waals surface area (Å²) in [4.78, 5) is 0. The van der Waals surface area contributed by atoms with Crippen molar-refractivity contribution in [2.75, 3.05) is 0 Å². The Labute approximate surface area is 68.3 Å². The van der Waals surface area contributed by atoms with Crippen LogP contribution in [0, 0.1) is 6.92 Å². The fraction of sp³-hybridized carbons (Fsp3) is 0.364. The van der Waals surface area contributed by atoms with Gasteiger partial charge >= 0.3 is 0 Å². The maximum atomic E-state index is 4.03. The molecule has 0 unspecified atom stereocenters. The van der Waals surface area contributed by atoms with Gasteiger partial charge in [-0.05, 0) is 49.3 Å². The topological polar surface area (TPSA) is 0 Å². The van der Waals surface area contributed by atoms with E-state index in [1.165, 1.54) is 42.4 Å². The van der Waals surface area contributed by atoms with E-state index in [4.69, 9.17) is 0 Å². The normalized spacial score (nSPS) is 16.1. The van der Waals surface area contributed by atoms with Crippen molar-refractivity contribution in [2.24, 2.45) is 0 Å². The molecule has 1 aliphatic rings. The van der Waals surface area contributed by atoms with E-state index in [-0.39, 0.29) is 0 Å². The van der Waals surface area contributed by atoms with Crippen LogP contribution in [0.4, 0.5) is 0 Å². The lowest BCUT2D eigenvalue weighted by Crippen LogP contribution is -2.03. The van der Waals surface area contributed by atoms with Crippen molar-refractivity contribution in [3.05, 3.63) is 41.8 Å². The third-order valence-electron chi connectivity index (χ3n) is 2.49. The molecule has 0 atom stereocenters. The Morgan fingerprint density at radius 3 is 2.73 bits per heavy atom. The highest BCUT2D eigenvalue weighted by Crippen LogP contribution is 2.23. The molecule has 0 amide bonds. The first-order chi connectivity index (χ1) is 5.38. The van der Waals surface area contributed by atoms with E-state index in [1.54, 1.807) is 0 Å². The molecule has 0 spiro atoms. The lowest BCUT2D eigenvalue weighted by atomic mass is 9.89. The first kappa shape index (κ1) is 6.90. The quantitative estimate of drug-likeness (QED) is 0.526. The molecule has 1 radical (unpaired) electrons. The fourth-order valence-corrected chi connectivity index (χ4v) is 1.86. The molecule has 0 saturated carbocycles. The summed E-state index contributed by atoms with van der Waals surface area (Å²) < 4.78 is 0. The number of hydrogen-bond donors (Lipinski definition) is 0. The van der Waals surface area contributed by atoms with Crippen LogP contribution in [-0.2, 0) is 12.8 Å². The van der Waals surface area contributed by atoms with Crippen LogP contribution in [0.2, 0.25) is 0 Å². The van der Waals surface area contributed by atoms with Crippen molar-refractivity contribution in [3.8, 4) is 0 Å². The smallest absolute Gasteiger partial charge is 0.0235 e. The second-order valence-electron chi connectivity index (χ2n) is 3.26. The molecule has 0 N–H and O–H groups in total. The van der Waals surface area contributed by atoms with Gasteiger partial charge in [-0.3, -0.25) is 0 Å². The van der Waals surface area contributed by atoms with Crippen molar-refractivity contribution < 1.29 is 0 Å². The standard InChI is InChI=1S/C11H13/c1-9-5-4-7-10-6-2-3-8-11(9)10/h4-5,7H,1-3,6,8H2. The van der Waals surface area contributed by atoms with E-state index in [1.807, 2.05) is 0 Å². The summed E-state index contributed by atoms with van der Waals surface area (Å²) in [6.07, 6.45) is 5.21. The maximum absolute atomic E-state index is 4.03. The largest absolute Gasteiger partial charge is 0.0617 e. The van der Waals surface area contributed by atoms with E-state index < -0.39 is 0 Å². The average Bonchev–Trinajstić information content (AvgIpc) is 2.06. The van der Waals surface area contributed by atoms with Crippen molar-refractivity contribution >= 4 is 0 Å². The lowest BCUT2D eigenvalue weighted by Gasteiger charge is -2.16. The molecule has 57 valence electrons. The van der Waals surface area contributed by atoms with E-state index in [0.29, 0.717) is 0 Å². The molecule has 0 aliphatic heterocycles. The minimum atomic E-state index is 1.24. The Morgan fingerprint density at radius 2 is 1.91 bits per heavy atom.